The van der Waals surface area contributed by atoms with Gasteiger partial charge in [0.05, 0.1) is 29.3 Å². The van der Waals surface area contributed by atoms with Gasteiger partial charge in [-0.3, -0.25) is 9.59 Å². The van der Waals surface area contributed by atoms with Crippen molar-refractivity contribution in [3.63, 3.8) is 0 Å². The summed E-state index contributed by atoms with van der Waals surface area (Å²) in [6.45, 7) is 2.59. The second-order valence-corrected chi connectivity index (χ2v) is 8.53. The van der Waals surface area contributed by atoms with Crippen LogP contribution in [0.4, 0.5) is 0 Å². The minimum Gasteiger partial charge on any atom is -0.490 e. The molecule has 0 radical (unpaired) electrons. The van der Waals surface area contributed by atoms with Gasteiger partial charge < -0.3 is 19.9 Å². The number of nitrogens with one attached hydrogen (secondary N) is 1. The summed E-state index contributed by atoms with van der Waals surface area (Å²) in [5, 5.41) is 19.7. The summed E-state index contributed by atoms with van der Waals surface area (Å²) in [6, 6.07) is 10.6. The van der Waals surface area contributed by atoms with Crippen molar-refractivity contribution in [2.45, 2.75) is 25.2 Å². The van der Waals surface area contributed by atoms with E-state index in [9.17, 15) is 9.59 Å². The summed E-state index contributed by atoms with van der Waals surface area (Å²) in [4.78, 5) is 22.5. The van der Waals surface area contributed by atoms with Crippen molar-refractivity contribution in [3.05, 3.63) is 57.6 Å². The number of benzene rings is 2. The predicted octanol–water partition coefficient (Wildman–Crippen LogP) is 4.37. The van der Waals surface area contributed by atoms with Gasteiger partial charge in [-0.15, -0.1) is 5.10 Å². The summed E-state index contributed by atoms with van der Waals surface area (Å²) in [5.74, 6) is -0.355. The van der Waals surface area contributed by atoms with E-state index in [-0.39, 0.29) is 18.2 Å². The number of carboxylic acid groups (broad SMARTS) is 1. The number of hydrogen-bond donors (Lipinski definition) is 2. The summed E-state index contributed by atoms with van der Waals surface area (Å²) in [6.07, 6.45) is 1.22. The van der Waals surface area contributed by atoms with E-state index in [0.717, 1.165) is 17.3 Å². The molecule has 32 heavy (non-hydrogen) atoms. The van der Waals surface area contributed by atoms with Crippen LogP contribution >= 0.6 is 35.0 Å². The molecule has 1 unspecified atom stereocenters. The molecule has 2 N–H and O–H groups in total. The topological polar surface area (TPSA) is 110 Å². The Morgan fingerprint density at radius 1 is 1.19 bits per heavy atom. The van der Waals surface area contributed by atoms with Crippen molar-refractivity contribution in [3.8, 4) is 11.5 Å². The highest BCUT2D eigenvalue weighted by molar-refractivity contribution is 8.15. The summed E-state index contributed by atoms with van der Waals surface area (Å²) in [7, 11) is 0. The van der Waals surface area contributed by atoms with E-state index in [4.69, 9.17) is 37.8 Å². The summed E-state index contributed by atoms with van der Waals surface area (Å²) >= 11 is 13.0. The molecule has 1 saturated heterocycles. The van der Waals surface area contributed by atoms with E-state index in [1.165, 1.54) is 6.21 Å². The van der Waals surface area contributed by atoms with Gasteiger partial charge in [0.25, 0.3) is 0 Å². The molecule has 1 fully saturated rings. The Balaban J connectivity index is 1.66. The number of aliphatic carboxylic acids is 1. The first kappa shape index (κ1) is 23.9. The standard InChI is InChI=1S/C21H19Cl2N3O5S/c1-2-30-17-8-12(10-24-26-21-25-20(29)18(32-21)9-19(27)28)4-6-16(17)31-11-13-3-5-14(22)15(23)7-13/h3-8,10,18H,2,9,11H2,1H3,(H,27,28)(H,25,26,29). The van der Waals surface area contributed by atoms with Gasteiger partial charge in [0, 0.05) is 0 Å². The quantitative estimate of drug-likeness (QED) is 0.394. The minimum atomic E-state index is -1.05. The third-order valence-electron chi connectivity index (χ3n) is 4.14. The van der Waals surface area contributed by atoms with E-state index in [1.54, 1.807) is 30.3 Å². The molecule has 0 aromatic heterocycles. The molecule has 2 aromatic rings. The number of nitrogens with zero attached hydrogens (tertiary/aromatic N) is 2. The maximum Gasteiger partial charge on any atom is 0.305 e. The molecule has 8 nitrogen and oxygen atoms in total. The lowest BCUT2D eigenvalue weighted by Crippen LogP contribution is -2.26. The zero-order valence-electron chi connectivity index (χ0n) is 16.9. The van der Waals surface area contributed by atoms with Crippen molar-refractivity contribution < 1.29 is 24.2 Å². The maximum atomic E-state index is 11.7. The third kappa shape index (κ3) is 6.62. The van der Waals surface area contributed by atoms with Crippen molar-refractivity contribution >= 4 is 58.2 Å². The first-order chi connectivity index (χ1) is 15.4. The number of carbonyl (C=O) groups is 2. The Labute approximate surface area is 198 Å². The molecule has 0 aliphatic carbocycles. The van der Waals surface area contributed by atoms with Crippen LogP contribution < -0.4 is 14.8 Å². The summed E-state index contributed by atoms with van der Waals surface area (Å²) < 4.78 is 11.5. The van der Waals surface area contributed by atoms with Gasteiger partial charge in [0.1, 0.15) is 11.9 Å². The highest BCUT2D eigenvalue weighted by Gasteiger charge is 2.32. The summed E-state index contributed by atoms with van der Waals surface area (Å²) in [5.41, 5.74) is 1.57. The SMILES string of the molecule is CCOc1cc(C=N/N=C2\NC(=O)C(CC(=O)O)S2)ccc1OCc1ccc(Cl)c(Cl)c1. The first-order valence-corrected chi connectivity index (χ1v) is 11.1. The minimum absolute atomic E-state index is 0.254. The van der Waals surface area contributed by atoms with Crippen LogP contribution in [-0.2, 0) is 16.2 Å². The smallest absolute Gasteiger partial charge is 0.305 e. The molecule has 168 valence electrons. The van der Waals surface area contributed by atoms with E-state index in [1.807, 2.05) is 13.0 Å². The van der Waals surface area contributed by atoms with Crippen LogP contribution in [0.25, 0.3) is 0 Å². The highest BCUT2D eigenvalue weighted by atomic mass is 35.5. The normalized spacial score (nSPS) is 17.0. The first-order valence-electron chi connectivity index (χ1n) is 9.49. The third-order valence-corrected chi connectivity index (χ3v) is 5.95. The van der Waals surface area contributed by atoms with Gasteiger partial charge in [-0.25, -0.2) is 0 Å². The van der Waals surface area contributed by atoms with Gasteiger partial charge >= 0.3 is 5.97 Å². The molecule has 1 aliphatic heterocycles. The Hall–Kier alpha value is -2.75. The Kier molecular flexibility index (Phi) is 8.38. The van der Waals surface area contributed by atoms with Crippen LogP contribution in [0.2, 0.25) is 10.0 Å². The van der Waals surface area contributed by atoms with Crippen LogP contribution in [0.15, 0.2) is 46.6 Å². The molecule has 0 saturated carbocycles. The second-order valence-electron chi connectivity index (χ2n) is 6.52. The monoisotopic (exact) mass is 495 g/mol. The lowest BCUT2D eigenvalue weighted by atomic mass is 10.2. The van der Waals surface area contributed by atoms with Crippen LogP contribution in [0, 0.1) is 0 Å². The van der Waals surface area contributed by atoms with E-state index < -0.39 is 17.1 Å². The van der Waals surface area contributed by atoms with E-state index in [2.05, 4.69) is 15.5 Å². The van der Waals surface area contributed by atoms with Crippen molar-refractivity contribution in [2.75, 3.05) is 6.61 Å². The van der Waals surface area contributed by atoms with Gasteiger partial charge in [0.2, 0.25) is 5.91 Å². The molecule has 11 heteroatoms. The second kappa shape index (κ2) is 11.2. The highest BCUT2D eigenvalue weighted by Crippen LogP contribution is 2.30. The number of ether oxygens (including phenoxy) is 2. The fourth-order valence-electron chi connectivity index (χ4n) is 2.68. The molecule has 1 atom stereocenters. The van der Waals surface area contributed by atoms with Crippen LogP contribution in [0.3, 0.4) is 0 Å². The lowest BCUT2D eigenvalue weighted by molar-refractivity contribution is -0.138. The largest absolute Gasteiger partial charge is 0.490 e. The van der Waals surface area contributed by atoms with Crippen molar-refractivity contribution in [1.82, 2.24) is 5.32 Å². The molecule has 2 aromatic carbocycles. The zero-order chi connectivity index (χ0) is 23.1. The number of amides is 1. The zero-order valence-corrected chi connectivity index (χ0v) is 19.2. The van der Waals surface area contributed by atoms with Crippen LogP contribution in [0.5, 0.6) is 11.5 Å². The van der Waals surface area contributed by atoms with E-state index >= 15 is 0 Å². The van der Waals surface area contributed by atoms with Crippen molar-refractivity contribution in [1.29, 1.82) is 0 Å². The number of thioether (sulfide) groups is 1. The maximum absolute atomic E-state index is 11.7. The van der Waals surface area contributed by atoms with Crippen molar-refractivity contribution in [2.24, 2.45) is 10.2 Å². The fraction of sp³-hybridized carbons (Fsp3) is 0.238. The molecular weight excluding hydrogens is 477 g/mol. The molecule has 0 spiro atoms. The molecule has 0 bridgehead atoms. The van der Waals surface area contributed by atoms with Crippen LogP contribution in [0.1, 0.15) is 24.5 Å². The molecule has 1 amide bonds. The Morgan fingerprint density at radius 3 is 2.72 bits per heavy atom. The van der Waals surface area contributed by atoms with Crippen LogP contribution in [-0.4, -0.2) is 40.2 Å². The number of halogens is 2. The fourth-order valence-corrected chi connectivity index (χ4v) is 3.91. The van der Waals surface area contributed by atoms with E-state index in [0.29, 0.717) is 33.7 Å². The Morgan fingerprint density at radius 2 is 2.00 bits per heavy atom. The number of hydrogen-bond acceptors (Lipinski definition) is 7. The number of carbonyl (C=O) groups excluding carboxylic acids is 1. The average Bonchev–Trinajstić information content (AvgIpc) is 3.08. The molecule has 1 heterocycles. The number of rotatable bonds is 9. The van der Waals surface area contributed by atoms with Gasteiger partial charge in [-0.1, -0.05) is 41.0 Å². The van der Waals surface area contributed by atoms with Gasteiger partial charge in [0.15, 0.2) is 16.7 Å². The van der Waals surface area contributed by atoms with Gasteiger partial charge in [-0.05, 0) is 48.4 Å². The molecular formula is C21H19Cl2N3O5S. The average molecular weight is 496 g/mol. The predicted molar refractivity (Wildman–Crippen MR) is 125 cm³/mol. The number of carboxylic acids is 1. The number of amidine groups is 1. The molecule has 3 rings (SSSR count). The Bertz CT molecular complexity index is 1080. The molecule has 1 aliphatic rings. The lowest BCUT2D eigenvalue weighted by Gasteiger charge is -2.13. The van der Waals surface area contributed by atoms with Gasteiger partial charge in [-0.2, -0.15) is 5.10 Å².